The quantitative estimate of drug-likeness (QED) is 0.399. The minimum atomic E-state index is -0.362. The maximum atomic E-state index is 13.5. The first-order valence-electron chi connectivity index (χ1n) is 10.8. The Kier molecular flexibility index (Phi) is 6.58. The number of nitrogen functional groups attached to an aromatic ring is 1. The number of nitrogens with two attached hydrogens (primary N) is 1. The van der Waals surface area contributed by atoms with Crippen molar-refractivity contribution in [1.29, 1.82) is 0 Å². The summed E-state index contributed by atoms with van der Waals surface area (Å²) in [6.45, 7) is 3.76. The third kappa shape index (κ3) is 4.91. The van der Waals surface area contributed by atoms with E-state index in [2.05, 4.69) is 19.9 Å². The van der Waals surface area contributed by atoms with E-state index >= 15 is 0 Å². The molecule has 0 amide bonds. The van der Waals surface area contributed by atoms with Crippen LogP contribution in [-0.4, -0.2) is 32.8 Å². The number of pyridine rings is 2. The summed E-state index contributed by atoms with van der Waals surface area (Å²) in [6.07, 6.45) is 2.16. The van der Waals surface area contributed by atoms with Gasteiger partial charge in [0.25, 0.3) is 0 Å². The number of nitrogens with zero attached hydrogens (tertiary/aromatic N) is 4. The lowest BCUT2D eigenvalue weighted by Gasteiger charge is -2.14. The van der Waals surface area contributed by atoms with Gasteiger partial charge >= 0.3 is 0 Å². The van der Waals surface area contributed by atoms with Crippen LogP contribution >= 0.6 is 0 Å². The summed E-state index contributed by atoms with van der Waals surface area (Å²) in [5.41, 5.74) is 10.9. The van der Waals surface area contributed by atoms with Crippen molar-refractivity contribution in [2.45, 2.75) is 26.7 Å². The van der Waals surface area contributed by atoms with Crippen LogP contribution in [0, 0.1) is 19.7 Å². The number of methoxy groups -OCH3 is 1. The number of Topliss-reactive ketones (excluding diaryl/α,β-unsaturated/α-hetero) is 1. The number of anilines is 1. The van der Waals surface area contributed by atoms with Crippen LogP contribution in [-0.2, 0) is 6.42 Å². The SMILES string of the molecule is COc1cccnc1CCC(=O)c1nc(-c2cc(C)nc(C)c2)c(-c2ccc(F)cc2)nc1N. The Morgan fingerprint density at radius 2 is 1.65 bits per heavy atom. The summed E-state index contributed by atoms with van der Waals surface area (Å²) < 4.78 is 18.9. The Morgan fingerprint density at radius 1 is 0.971 bits per heavy atom. The van der Waals surface area contributed by atoms with Gasteiger partial charge < -0.3 is 10.5 Å². The van der Waals surface area contributed by atoms with Crippen molar-refractivity contribution in [2.24, 2.45) is 0 Å². The number of benzene rings is 1. The summed E-state index contributed by atoms with van der Waals surface area (Å²) in [5, 5.41) is 0. The molecule has 0 aliphatic rings. The van der Waals surface area contributed by atoms with Gasteiger partial charge in [0.1, 0.15) is 17.3 Å². The van der Waals surface area contributed by atoms with Crippen molar-refractivity contribution < 1.29 is 13.9 Å². The first-order chi connectivity index (χ1) is 16.4. The summed E-state index contributed by atoms with van der Waals surface area (Å²) in [4.78, 5) is 31.1. The largest absolute Gasteiger partial charge is 0.495 e. The Labute approximate surface area is 196 Å². The molecule has 2 N–H and O–H groups in total. The van der Waals surface area contributed by atoms with Crippen molar-refractivity contribution in [3.05, 3.63) is 83.3 Å². The topological polar surface area (TPSA) is 104 Å². The van der Waals surface area contributed by atoms with Gasteiger partial charge in [0.05, 0.1) is 24.2 Å². The van der Waals surface area contributed by atoms with Gasteiger partial charge in [-0.25, -0.2) is 14.4 Å². The van der Waals surface area contributed by atoms with Crippen LogP contribution in [0.2, 0.25) is 0 Å². The lowest BCUT2D eigenvalue weighted by atomic mass is 10.0. The zero-order valence-corrected chi connectivity index (χ0v) is 19.2. The van der Waals surface area contributed by atoms with E-state index in [-0.39, 0.29) is 29.5 Å². The van der Waals surface area contributed by atoms with Gasteiger partial charge in [-0.3, -0.25) is 14.8 Å². The molecule has 0 unspecified atom stereocenters. The predicted molar refractivity (Wildman–Crippen MR) is 128 cm³/mol. The molecule has 34 heavy (non-hydrogen) atoms. The third-order valence-corrected chi connectivity index (χ3v) is 5.32. The van der Waals surface area contributed by atoms with Gasteiger partial charge in [-0.05, 0) is 62.4 Å². The van der Waals surface area contributed by atoms with Crippen LogP contribution in [0.5, 0.6) is 5.75 Å². The number of aryl methyl sites for hydroxylation is 3. The molecule has 0 fully saturated rings. The summed E-state index contributed by atoms with van der Waals surface area (Å²) >= 11 is 0. The molecule has 1 aromatic carbocycles. The van der Waals surface area contributed by atoms with Gasteiger partial charge in [0.15, 0.2) is 11.6 Å². The zero-order valence-electron chi connectivity index (χ0n) is 19.2. The normalized spacial score (nSPS) is 10.8. The minimum absolute atomic E-state index is 0.0172. The van der Waals surface area contributed by atoms with Crippen molar-refractivity contribution >= 4 is 11.6 Å². The van der Waals surface area contributed by atoms with E-state index in [0.717, 1.165) is 17.0 Å². The molecule has 4 aromatic rings. The van der Waals surface area contributed by atoms with Crippen molar-refractivity contribution in [1.82, 2.24) is 19.9 Å². The number of carbonyl (C=O) groups is 1. The number of ether oxygens (including phenoxy) is 1. The third-order valence-electron chi connectivity index (χ3n) is 5.32. The number of halogens is 1. The van der Waals surface area contributed by atoms with E-state index in [9.17, 15) is 9.18 Å². The molecule has 0 aliphatic carbocycles. The van der Waals surface area contributed by atoms with Crippen LogP contribution in [0.15, 0.2) is 54.7 Å². The molecule has 8 heteroatoms. The molecule has 4 rings (SSSR count). The molecule has 172 valence electrons. The lowest BCUT2D eigenvalue weighted by molar-refractivity contribution is 0.0978. The van der Waals surface area contributed by atoms with Crippen molar-refractivity contribution in [3.63, 3.8) is 0 Å². The van der Waals surface area contributed by atoms with Crippen LogP contribution in [0.25, 0.3) is 22.5 Å². The lowest BCUT2D eigenvalue weighted by Crippen LogP contribution is -2.12. The highest BCUT2D eigenvalue weighted by molar-refractivity contribution is 5.99. The number of hydrogen-bond donors (Lipinski definition) is 1. The smallest absolute Gasteiger partial charge is 0.185 e. The zero-order chi connectivity index (χ0) is 24.2. The highest BCUT2D eigenvalue weighted by Crippen LogP contribution is 2.32. The molecule has 0 atom stereocenters. The van der Waals surface area contributed by atoms with Gasteiger partial charge in [0.2, 0.25) is 0 Å². The molecule has 3 heterocycles. The van der Waals surface area contributed by atoms with Gasteiger partial charge in [-0.15, -0.1) is 0 Å². The Bertz CT molecular complexity index is 1340. The molecular formula is C26H24FN5O2. The number of carbonyl (C=O) groups excluding carboxylic acids is 1. The summed E-state index contributed by atoms with van der Waals surface area (Å²) in [7, 11) is 1.56. The molecule has 7 nitrogen and oxygen atoms in total. The average molecular weight is 458 g/mol. The highest BCUT2D eigenvalue weighted by Gasteiger charge is 2.21. The number of ketones is 1. The maximum absolute atomic E-state index is 13.5. The Hall–Kier alpha value is -4.20. The van der Waals surface area contributed by atoms with Gasteiger partial charge in [0, 0.05) is 41.6 Å². The Balaban J connectivity index is 1.76. The van der Waals surface area contributed by atoms with Crippen LogP contribution < -0.4 is 10.5 Å². The maximum Gasteiger partial charge on any atom is 0.185 e. The van der Waals surface area contributed by atoms with Crippen molar-refractivity contribution in [3.8, 4) is 28.3 Å². The predicted octanol–water partition coefficient (Wildman–Crippen LogP) is 4.76. The summed E-state index contributed by atoms with van der Waals surface area (Å²) in [6, 6.07) is 13.2. The summed E-state index contributed by atoms with van der Waals surface area (Å²) in [5.74, 6) is 0.0127. The van der Waals surface area contributed by atoms with Gasteiger partial charge in [-0.1, -0.05) is 0 Å². The fraction of sp³-hybridized carbons (Fsp3) is 0.192. The molecular weight excluding hydrogens is 433 g/mol. The molecule has 0 radical (unpaired) electrons. The fourth-order valence-corrected chi connectivity index (χ4v) is 3.78. The fourth-order valence-electron chi connectivity index (χ4n) is 3.78. The van der Waals surface area contributed by atoms with E-state index in [1.54, 1.807) is 37.6 Å². The second-order valence-electron chi connectivity index (χ2n) is 7.88. The number of rotatable bonds is 7. The molecule has 3 aromatic heterocycles. The van der Waals surface area contributed by atoms with E-state index in [1.807, 2.05) is 26.0 Å². The monoisotopic (exact) mass is 457 g/mol. The molecule has 0 saturated carbocycles. The molecule has 0 aliphatic heterocycles. The highest BCUT2D eigenvalue weighted by atomic mass is 19.1. The van der Waals surface area contributed by atoms with Crippen molar-refractivity contribution in [2.75, 3.05) is 12.8 Å². The average Bonchev–Trinajstić information content (AvgIpc) is 2.82. The van der Waals surface area contributed by atoms with E-state index in [0.29, 0.717) is 34.8 Å². The first-order valence-corrected chi connectivity index (χ1v) is 10.8. The second kappa shape index (κ2) is 9.74. The van der Waals surface area contributed by atoms with Crippen LogP contribution in [0.1, 0.15) is 34.0 Å². The van der Waals surface area contributed by atoms with Crippen LogP contribution in [0.3, 0.4) is 0 Å². The second-order valence-corrected chi connectivity index (χ2v) is 7.88. The number of aromatic nitrogens is 4. The molecule has 0 spiro atoms. The first kappa shape index (κ1) is 23.0. The van der Waals surface area contributed by atoms with E-state index in [4.69, 9.17) is 10.5 Å². The number of hydrogen-bond acceptors (Lipinski definition) is 7. The van der Waals surface area contributed by atoms with E-state index in [1.165, 1.54) is 12.1 Å². The molecule has 0 bridgehead atoms. The minimum Gasteiger partial charge on any atom is -0.495 e. The Morgan fingerprint density at radius 3 is 2.32 bits per heavy atom. The standard InChI is InChI=1S/C26H24FN5O2/c1-15-13-18(14-16(2)30-15)24-23(17-6-8-19(27)9-7-17)32-26(28)25(31-24)21(33)11-10-20-22(34-3)5-4-12-29-20/h4-9,12-14H,10-11H2,1-3H3,(H2,28,32). The van der Waals surface area contributed by atoms with Gasteiger partial charge in [-0.2, -0.15) is 0 Å². The van der Waals surface area contributed by atoms with E-state index < -0.39 is 0 Å². The van der Waals surface area contributed by atoms with Crippen LogP contribution in [0.4, 0.5) is 10.2 Å². The molecule has 0 saturated heterocycles.